The third-order valence-corrected chi connectivity index (χ3v) is 3.94. The number of esters is 1. The minimum absolute atomic E-state index is 0.115. The van der Waals surface area contributed by atoms with Crippen molar-refractivity contribution in [1.29, 1.82) is 0 Å². The first kappa shape index (κ1) is 19.9. The predicted octanol–water partition coefficient (Wildman–Crippen LogP) is 3.00. The molecule has 7 nitrogen and oxygen atoms in total. The highest BCUT2D eigenvalue weighted by Crippen LogP contribution is 2.21. The number of aryl methyl sites for hydroxylation is 1. The maximum atomic E-state index is 12.1. The highest BCUT2D eigenvalue weighted by molar-refractivity contribution is 5.96. The Labute approximate surface area is 166 Å². The van der Waals surface area contributed by atoms with Gasteiger partial charge in [-0.05, 0) is 42.8 Å². The Hall–Kier alpha value is -3.87. The average molecular weight is 393 g/mol. The molecule has 0 bridgehead atoms. The molecular weight excluding hydrogens is 374 g/mol. The molecule has 0 saturated heterocycles. The number of hydrogen-bond donors (Lipinski definition) is 1. The van der Waals surface area contributed by atoms with Crippen molar-refractivity contribution in [1.82, 2.24) is 5.32 Å². The highest BCUT2D eigenvalue weighted by atomic mass is 16.6. The maximum absolute atomic E-state index is 12.1. The molecule has 0 radical (unpaired) electrons. The smallest absolute Gasteiger partial charge is 0.349 e. The van der Waals surface area contributed by atoms with Crippen LogP contribution in [-0.4, -0.2) is 25.0 Å². The van der Waals surface area contributed by atoms with Crippen molar-refractivity contribution >= 4 is 22.8 Å². The van der Waals surface area contributed by atoms with E-state index in [1.165, 1.54) is 18.2 Å². The topological polar surface area (TPSA) is 94.8 Å². The van der Waals surface area contributed by atoms with Gasteiger partial charge in [-0.3, -0.25) is 4.79 Å². The van der Waals surface area contributed by atoms with Crippen molar-refractivity contribution in [2.24, 2.45) is 0 Å². The lowest BCUT2D eigenvalue weighted by atomic mass is 10.1. The van der Waals surface area contributed by atoms with Crippen LogP contribution in [0.15, 0.2) is 70.4 Å². The van der Waals surface area contributed by atoms with Gasteiger partial charge >= 0.3 is 11.6 Å². The third kappa shape index (κ3) is 5.10. The zero-order valence-electron chi connectivity index (χ0n) is 15.8. The van der Waals surface area contributed by atoms with Crippen LogP contribution >= 0.6 is 0 Å². The first-order valence-corrected chi connectivity index (χ1v) is 8.83. The molecule has 0 fully saturated rings. The number of carbonyl (C=O) groups excluding carboxylic acids is 2. The van der Waals surface area contributed by atoms with Crippen LogP contribution in [0.4, 0.5) is 0 Å². The molecule has 3 aromatic rings. The highest BCUT2D eigenvalue weighted by Gasteiger charge is 2.14. The van der Waals surface area contributed by atoms with E-state index < -0.39 is 17.5 Å². The summed E-state index contributed by atoms with van der Waals surface area (Å²) in [6, 6.07) is 13.3. The van der Waals surface area contributed by atoms with Crippen LogP contribution in [0, 0.1) is 6.92 Å². The summed E-state index contributed by atoms with van der Waals surface area (Å²) in [7, 11) is 0. The van der Waals surface area contributed by atoms with Crippen LogP contribution in [0.2, 0.25) is 0 Å². The van der Waals surface area contributed by atoms with E-state index in [1.807, 2.05) is 19.1 Å². The third-order valence-electron chi connectivity index (χ3n) is 3.94. The van der Waals surface area contributed by atoms with E-state index in [-0.39, 0.29) is 30.0 Å². The van der Waals surface area contributed by atoms with Gasteiger partial charge in [0.05, 0.1) is 0 Å². The lowest BCUT2D eigenvalue weighted by Crippen LogP contribution is -2.28. The van der Waals surface area contributed by atoms with Crippen molar-refractivity contribution in [3.63, 3.8) is 0 Å². The number of rotatable bonds is 7. The molecule has 0 aliphatic rings. The summed E-state index contributed by atoms with van der Waals surface area (Å²) in [6.45, 7) is 5.38. The summed E-state index contributed by atoms with van der Waals surface area (Å²) in [5.74, 6) is -0.394. The van der Waals surface area contributed by atoms with E-state index >= 15 is 0 Å². The normalized spacial score (nSPS) is 10.4. The number of nitrogens with one attached hydrogen (secondary N) is 1. The quantitative estimate of drug-likeness (QED) is 0.287. The summed E-state index contributed by atoms with van der Waals surface area (Å²) in [4.78, 5) is 36.1. The molecule has 0 aliphatic carbocycles. The minimum Gasteiger partial charge on any atom is -0.482 e. The fourth-order valence-electron chi connectivity index (χ4n) is 2.58. The molecular formula is C22H19NO6. The van der Waals surface area contributed by atoms with Crippen molar-refractivity contribution in [2.45, 2.75) is 6.92 Å². The number of amides is 1. The Balaban J connectivity index is 1.70. The Morgan fingerprint density at radius 2 is 1.97 bits per heavy atom. The van der Waals surface area contributed by atoms with E-state index in [0.717, 1.165) is 5.56 Å². The van der Waals surface area contributed by atoms with Crippen LogP contribution < -0.4 is 20.4 Å². The van der Waals surface area contributed by atoms with Crippen molar-refractivity contribution < 1.29 is 23.5 Å². The molecule has 2 aromatic carbocycles. The van der Waals surface area contributed by atoms with Crippen molar-refractivity contribution in [3.05, 3.63) is 82.7 Å². The number of ether oxygens (including phenoxy) is 2. The molecule has 7 heteroatoms. The fourth-order valence-corrected chi connectivity index (χ4v) is 2.58. The molecule has 0 spiro atoms. The number of fused-ring (bicyclic) bond motifs is 1. The molecule has 1 N–H and O–H groups in total. The molecule has 148 valence electrons. The van der Waals surface area contributed by atoms with Crippen LogP contribution in [0.5, 0.6) is 11.5 Å². The van der Waals surface area contributed by atoms with E-state index in [2.05, 4.69) is 11.9 Å². The lowest BCUT2D eigenvalue weighted by Gasteiger charge is -2.08. The zero-order valence-corrected chi connectivity index (χ0v) is 15.8. The van der Waals surface area contributed by atoms with Crippen molar-refractivity contribution in [2.75, 3.05) is 13.2 Å². The molecule has 0 saturated carbocycles. The SMILES string of the molecule is C=CCNC(=O)c1cc2ccc(OC(=O)COc3cccc(C)c3)cc2oc1=O. The molecule has 0 aliphatic heterocycles. The second-order valence-electron chi connectivity index (χ2n) is 6.23. The standard InChI is InChI=1S/C22H19NO6/c1-3-9-23-21(25)18-11-15-7-8-17(12-19(15)29-22(18)26)28-20(24)13-27-16-6-4-5-14(2)10-16/h3-8,10-12H,1,9,13H2,2H3,(H,23,25). The number of carbonyl (C=O) groups is 2. The second-order valence-corrected chi connectivity index (χ2v) is 6.23. The molecule has 0 unspecified atom stereocenters. The zero-order chi connectivity index (χ0) is 20.8. The van der Waals surface area contributed by atoms with Crippen LogP contribution in [0.25, 0.3) is 11.0 Å². The first-order valence-electron chi connectivity index (χ1n) is 8.83. The summed E-state index contributed by atoms with van der Waals surface area (Å²) in [5, 5.41) is 3.04. The Morgan fingerprint density at radius 3 is 2.72 bits per heavy atom. The Morgan fingerprint density at radius 1 is 1.14 bits per heavy atom. The molecule has 0 atom stereocenters. The summed E-state index contributed by atoms with van der Waals surface area (Å²) >= 11 is 0. The molecule has 29 heavy (non-hydrogen) atoms. The van der Waals surface area contributed by atoms with Gasteiger partial charge in [-0.25, -0.2) is 9.59 Å². The van der Waals surface area contributed by atoms with Gasteiger partial charge in [0.2, 0.25) is 0 Å². The van der Waals surface area contributed by atoms with E-state index in [4.69, 9.17) is 13.9 Å². The molecule has 1 aromatic heterocycles. The van der Waals surface area contributed by atoms with Gasteiger partial charge in [0.1, 0.15) is 22.6 Å². The minimum atomic E-state index is -0.787. The van der Waals surface area contributed by atoms with E-state index in [0.29, 0.717) is 11.1 Å². The van der Waals surface area contributed by atoms with Gasteiger partial charge in [-0.15, -0.1) is 6.58 Å². The van der Waals surface area contributed by atoms with Crippen LogP contribution in [0.3, 0.4) is 0 Å². The van der Waals surface area contributed by atoms with Gasteiger partial charge in [0, 0.05) is 18.0 Å². The predicted molar refractivity (Wildman–Crippen MR) is 107 cm³/mol. The summed E-state index contributed by atoms with van der Waals surface area (Å²) in [5.41, 5.74) is 0.305. The number of hydrogen-bond acceptors (Lipinski definition) is 6. The molecule has 1 amide bonds. The van der Waals surface area contributed by atoms with Crippen LogP contribution in [-0.2, 0) is 4.79 Å². The van der Waals surface area contributed by atoms with Gasteiger partial charge in [-0.2, -0.15) is 0 Å². The summed E-state index contributed by atoms with van der Waals surface area (Å²) < 4.78 is 15.8. The van der Waals surface area contributed by atoms with Crippen LogP contribution in [0.1, 0.15) is 15.9 Å². The average Bonchev–Trinajstić information content (AvgIpc) is 2.70. The van der Waals surface area contributed by atoms with Gasteiger partial charge in [-0.1, -0.05) is 18.2 Å². The molecule has 3 rings (SSSR count). The maximum Gasteiger partial charge on any atom is 0.349 e. The van der Waals surface area contributed by atoms with Crippen molar-refractivity contribution in [3.8, 4) is 11.5 Å². The Bertz CT molecular complexity index is 1130. The van der Waals surface area contributed by atoms with Gasteiger partial charge < -0.3 is 19.2 Å². The largest absolute Gasteiger partial charge is 0.482 e. The lowest BCUT2D eigenvalue weighted by molar-refractivity contribution is -0.136. The second kappa shape index (κ2) is 8.88. The van der Waals surface area contributed by atoms with Gasteiger partial charge in [0.25, 0.3) is 5.91 Å². The van der Waals surface area contributed by atoms with E-state index in [9.17, 15) is 14.4 Å². The first-order chi connectivity index (χ1) is 14.0. The Kier molecular flexibility index (Phi) is 6.09. The van der Waals surface area contributed by atoms with E-state index in [1.54, 1.807) is 24.3 Å². The molecule has 1 heterocycles. The summed E-state index contributed by atoms with van der Waals surface area (Å²) in [6.07, 6.45) is 1.50. The monoisotopic (exact) mass is 393 g/mol. The fraction of sp³-hybridized carbons (Fsp3) is 0.136. The number of benzene rings is 2. The van der Waals surface area contributed by atoms with Gasteiger partial charge in [0.15, 0.2) is 6.61 Å².